The van der Waals surface area contributed by atoms with Crippen molar-refractivity contribution in [2.45, 2.75) is 26.2 Å². The molecule has 7 heteroatoms. The van der Waals surface area contributed by atoms with E-state index in [4.69, 9.17) is 14.2 Å². The molecule has 0 atom stereocenters. The molecule has 0 fully saturated rings. The van der Waals surface area contributed by atoms with Crippen molar-refractivity contribution >= 4 is 17.7 Å². The van der Waals surface area contributed by atoms with Crippen LogP contribution in [0.1, 0.15) is 34.0 Å². The van der Waals surface area contributed by atoms with Crippen LogP contribution in [0.5, 0.6) is 11.5 Å². The number of benzene rings is 2. The summed E-state index contributed by atoms with van der Waals surface area (Å²) in [7, 11) is 0. The second kappa shape index (κ2) is 8.43. The zero-order valence-electron chi connectivity index (χ0n) is 16.4. The van der Waals surface area contributed by atoms with E-state index in [1.807, 2.05) is 0 Å². The van der Waals surface area contributed by atoms with Gasteiger partial charge in [0.05, 0.1) is 25.4 Å². The van der Waals surface area contributed by atoms with E-state index in [1.165, 1.54) is 11.1 Å². The summed E-state index contributed by atoms with van der Waals surface area (Å²) in [5.74, 6) is 1.54. The summed E-state index contributed by atoms with van der Waals surface area (Å²) in [5.41, 5.74) is 4.58. The highest BCUT2D eigenvalue weighted by Crippen LogP contribution is 2.40. The Hall–Kier alpha value is -3.22. The zero-order chi connectivity index (χ0) is 20.2. The van der Waals surface area contributed by atoms with Gasteiger partial charge in [-0.3, -0.25) is 0 Å². The van der Waals surface area contributed by atoms with Crippen LogP contribution in [0.25, 0.3) is 0 Å². The number of hydrogen-bond donors (Lipinski definition) is 2. The van der Waals surface area contributed by atoms with E-state index in [1.54, 1.807) is 31.2 Å². The summed E-state index contributed by atoms with van der Waals surface area (Å²) in [4.78, 5) is 23.9. The normalized spacial score (nSPS) is 13.7. The van der Waals surface area contributed by atoms with Gasteiger partial charge < -0.3 is 24.8 Å². The molecule has 2 aliphatic heterocycles. The first-order valence-corrected chi connectivity index (χ1v) is 9.91. The molecule has 2 aliphatic rings. The van der Waals surface area contributed by atoms with Crippen LogP contribution in [0.15, 0.2) is 30.3 Å². The number of ether oxygens (including phenoxy) is 3. The van der Waals surface area contributed by atoms with E-state index in [0.29, 0.717) is 44.0 Å². The molecule has 0 radical (unpaired) electrons. The number of hydrogen-bond acceptors (Lipinski definition) is 5. The van der Waals surface area contributed by atoms with Gasteiger partial charge in [0.1, 0.15) is 11.5 Å². The number of carbonyl (C=O) groups is 2. The summed E-state index contributed by atoms with van der Waals surface area (Å²) in [6.45, 7) is 3.96. The van der Waals surface area contributed by atoms with Gasteiger partial charge in [-0.25, -0.2) is 9.59 Å². The fourth-order valence-corrected chi connectivity index (χ4v) is 3.73. The number of esters is 1. The molecular weight excluding hydrogens is 372 g/mol. The smallest absolute Gasteiger partial charge is 0.338 e. The highest BCUT2D eigenvalue weighted by atomic mass is 16.5. The molecule has 0 bridgehead atoms. The van der Waals surface area contributed by atoms with Crippen molar-refractivity contribution in [1.29, 1.82) is 0 Å². The van der Waals surface area contributed by atoms with Crippen LogP contribution < -0.4 is 20.1 Å². The number of carbonyl (C=O) groups excluding carboxylic acids is 2. The minimum atomic E-state index is -0.377. The highest BCUT2D eigenvalue weighted by molar-refractivity contribution is 5.92. The monoisotopic (exact) mass is 396 g/mol. The third-order valence-corrected chi connectivity index (χ3v) is 5.07. The number of amides is 2. The Labute approximate surface area is 169 Å². The van der Waals surface area contributed by atoms with Crippen molar-refractivity contribution in [2.24, 2.45) is 0 Å². The molecule has 0 unspecified atom stereocenters. The van der Waals surface area contributed by atoms with Crippen molar-refractivity contribution in [3.8, 4) is 11.5 Å². The van der Waals surface area contributed by atoms with E-state index in [0.717, 1.165) is 29.9 Å². The molecule has 0 saturated heterocycles. The molecule has 2 aromatic carbocycles. The molecule has 4 rings (SSSR count). The first-order chi connectivity index (χ1) is 14.2. The van der Waals surface area contributed by atoms with E-state index in [9.17, 15) is 9.59 Å². The molecule has 0 saturated carbocycles. The molecule has 29 heavy (non-hydrogen) atoms. The molecule has 2 aromatic rings. The fourth-order valence-electron chi connectivity index (χ4n) is 3.73. The molecule has 0 aliphatic carbocycles. The first kappa shape index (κ1) is 19.1. The Morgan fingerprint density at radius 3 is 2.69 bits per heavy atom. The molecule has 0 aromatic heterocycles. The van der Waals surface area contributed by atoms with Gasteiger partial charge in [0.2, 0.25) is 0 Å². The second-order valence-corrected chi connectivity index (χ2v) is 6.95. The van der Waals surface area contributed by atoms with Gasteiger partial charge in [-0.05, 0) is 43.7 Å². The standard InChI is InChI=1S/C22H24N2O5/c1-2-27-21(25)14-3-5-16(6-4-14)24-22(26)23-10-7-18-17-9-12-28-19(17)13-15-8-11-29-20(15)18/h3-6,13H,2,7-12H2,1H3,(H2,23,24,26). The van der Waals surface area contributed by atoms with Crippen LogP contribution in [-0.4, -0.2) is 38.4 Å². The SMILES string of the molecule is CCOC(=O)c1ccc(NC(=O)NCCc2c3c(cc4c2OCC4)OCC3)cc1. The predicted molar refractivity (Wildman–Crippen MR) is 108 cm³/mol. The van der Waals surface area contributed by atoms with Crippen molar-refractivity contribution in [3.63, 3.8) is 0 Å². The first-order valence-electron chi connectivity index (χ1n) is 9.91. The summed E-state index contributed by atoms with van der Waals surface area (Å²) in [5, 5.41) is 5.65. The number of fused-ring (bicyclic) bond motifs is 2. The van der Waals surface area contributed by atoms with Gasteiger partial charge in [0.15, 0.2) is 0 Å². The Bertz CT molecular complexity index is 892. The molecule has 2 heterocycles. The van der Waals surface area contributed by atoms with Gasteiger partial charge in [-0.2, -0.15) is 0 Å². The quantitative estimate of drug-likeness (QED) is 0.733. The largest absolute Gasteiger partial charge is 0.493 e. The molecule has 0 spiro atoms. The summed E-state index contributed by atoms with van der Waals surface area (Å²) in [6.07, 6.45) is 2.46. The van der Waals surface area contributed by atoms with Crippen LogP contribution in [0.3, 0.4) is 0 Å². The predicted octanol–water partition coefficient (Wildman–Crippen LogP) is 3.10. The number of nitrogens with one attached hydrogen (secondary N) is 2. The van der Waals surface area contributed by atoms with E-state index in [2.05, 4.69) is 16.7 Å². The van der Waals surface area contributed by atoms with Crippen LogP contribution in [0.4, 0.5) is 10.5 Å². The number of urea groups is 1. The molecule has 7 nitrogen and oxygen atoms in total. The second-order valence-electron chi connectivity index (χ2n) is 6.95. The van der Waals surface area contributed by atoms with E-state index < -0.39 is 0 Å². The van der Waals surface area contributed by atoms with Gasteiger partial charge in [0.25, 0.3) is 0 Å². The third-order valence-electron chi connectivity index (χ3n) is 5.07. The van der Waals surface area contributed by atoms with Crippen LogP contribution in [0, 0.1) is 0 Å². The topological polar surface area (TPSA) is 85.9 Å². The number of rotatable bonds is 6. The van der Waals surface area contributed by atoms with Crippen molar-refractivity contribution in [1.82, 2.24) is 5.32 Å². The molecule has 2 N–H and O–H groups in total. The summed E-state index contributed by atoms with van der Waals surface area (Å²) < 4.78 is 16.5. The maximum Gasteiger partial charge on any atom is 0.338 e. The fraction of sp³-hybridized carbons (Fsp3) is 0.364. The highest BCUT2D eigenvalue weighted by Gasteiger charge is 2.26. The van der Waals surface area contributed by atoms with Crippen molar-refractivity contribution in [2.75, 3.05) is 31.7 Å². The van der Waals surface area contributed by atoms with Gasteiger partial charge in [-0.15, -0.1) is 0 Å². The van der Waals surface area contributed by atoms with Gasteiger partial charge in [0, 0.05) is 41.8 Å². The lowest BCUT2D eigenvalue weighted by Gasteiger charge is -2.14. The van der Waals surface area contributed by atoms with E-state index in [-0.39, 0.29) is 12.0 Å². The zero-order valence-corrected chi connectivity index (χ0v) is 16.4. The van der Waals surface area contributed by atoms with E-state index >= 15 is 0 Å². The minimum Gasteiger partial charge on any atom is -0.493 e. The third kappa shape index (κ3) is 4.13. The summed E-state index contributed by atoms with van der Waals surface area (Å²) in [6, 6.07) is 8.40. The maximum atomic E-state index is 12.2. The lowest BCUT2D eigenvalue weighted by Crippen LogP contribution is -2.30. The summed E-state index contributed by atoms with van der Waals surface area (Å²) >= 11 is 0. The van der Waals surface area contributed by atoms with Crippen LogP contribution >= 0.6 is 0 Å². The lowest BCUT2D eigenvalue weighted by atomic mass is 9.97. The Morgan fingerprint density at radius 2 is 1.90 bits per heavy atom. The Morgan fingerprint density at radius 1 is 1.10 bits per heavy atom. The molecular formula is C22H24N2O5. The lowest BCUT2D eigenvalue weighted by molar-refractivity contribution is 0.0526. The van der Waals surface area contributed by atoms with Gasteiger partial charge in [-0.1, -0.05) is 0 Å². The van der Waals surface area contributed by atoms with Crippen molar-refractivity contribution in [3.05, 3.63) is 52.6 Å². The van der Waals surface area contributed by atoms with Gasteiger partial charge >= 0.3 is 12.0 Å². The van der Waals surface area contributed by atoms with Crippen LogP contribution in [-0.2, 0) is 24.0 Å². The Balaban J connectivity index is 1.33. The molecule has 152 valence electrons. The van der Waals surface area contributed by atoms with Crippen LogP contribution in [0.2, 0.25) is 0 Å². The average molecular weight is 396 g/mol. The number of anilines is 1. The average Bonchev–Trinajstić information content (AvgIpc) is 3.37. The molecule has 2 amide bonds. The minimum absolute atomic E-state index is 0.296. The Kier molecular flexibility index (Phi) is 5.55. The maximum absolute atomic E-state index is 12.2. The van der Waals surface area contributed by atoms with Crippen molar-refractivity contribution < 1.29 is 23.8 Å².